The first kappa shape index (κ1) is 17.0. The van der Waals surface area contributed by atoms with Gasteiger partial charge in [-0.25, -0.2) is 4.79 Å². The van der Waals surface area contributed by atoms with Crippen LogP contribution < -0.4 is 10.2 Å². The number of phenols is 2. The number of carbonyl (C=O) groups excluding carboxylic acids is 1. The topological polar surface area (TPSA) is 100 Å². The van der Waals surface area contributed by atoms with Crippen LogP contribution in [0.15, 0.2) is 51.9 Å². The quantitative estimate of drug-likeness (QED) is 0.719. The Morgan fingerprint density at radius 1 is 1.07 bits per heavy atom. The lowest BCUT2D eigenvalue weighted by molar-refractivity contribution is 0.162. The molecular formula is C20H17NO6. The van der Waals surface area contributed by atoms with Crippen molar-refractivity contribution in [2.75, 3.05) is 13.1 Å². The normalized spacial score (nSPS) is 13.9. The molecule has 4 rings (SSSR count). The molecular weight excluding hydrogens is 350 g/mol. The van der Waals surface area contributed by atoms with Gasteiger partial charge in [0.05, 0.1) is 5.56 Å². The van der Waals surface area contributed by atoms with Crippen LogP contribution in [0.4, 0.5) is 4.79 Å². The molecule has 138 valence electrons. The Morgan fingerprint density at radius 3 is 2.48 bits per heavy atom. The zero-order chi connectivity index (χ0) is 19.0. The smallest absolute Gasteiger partial charge is 0.415 e. The molecule has 1 aromatic heterocycles. The third kappa shape index (κ3) is 3.19. The second kappa shape index (κ2) is 6.68. The fraction of sp³-hybridized carbons (Fsp3) is 0.200. The summed E-state index contributed by atoms with van der Waals surface area (Å²) >= 11 is 0. The molecule has 0 saturated carbocycles. The first-order chi connectivity index (χ1) is 13.0. The highest BCUT2D eigenvalue weighted by molar-refractivity contribution is 5.88. The van der Waals surface area contributed by atoms with Gasteiger partial charge in [0.2, 0.25) is 5.43 Å². The summed E-state index contributed by atoms with van der Waals surface area (Å²) in [5.74, 6) is -0.139. The van der Waals surface area contributed by atoms with Gasteiger partial charge in [-0.3, -0.25) is 4.79 Å². The third-order valence-corrected chi connectivity index (χ3v) is 4.58. The number of ether oxygens (including phenoxy) is 1. The van der Waals surface area contributed by atoms with E-state index in [1.807, 2.05) is 0 Å². The molecule has 0 radical (unpaired) electrons. The lowest BCUT2D eigenvalue weighted by atomic mass is 10.0. The van der Waals surface area contributed by atoms with Gasteiger partial charge in [0.25, 0.3) is 0 Å². The van der Waals surface area contributed by atoms with Crippen molar-refractivity contribution >= 4 is 17.1 Å². The van der Waals surface area contributed by atoms with Crippen LogP contribution in [-0.4, -0.2) is 34.3 Å². The maximum Gasteiger partial charge on any atom is 0.415 e. The molecule has 3 aromatic rings. The van der Waals surface area contributed by atoms with E-state index in [9.17, 15) is 19.8 Å². The van der Waals surface area contributed by atoms with Crippen molar-refractivity contribution in [2.45, 2.75) is 12.8 Å². The molecule has 1 fully saturated rings. The minimum Gasteiger partial charge on any atom is -0.508 e. The van der Waals surface area contributed by atoms with E-state index in [4.69, 9.17) is 9.15 Å². The Morgan fingerprint density at radius 2 is 1.78 bits per heavy atom. The zero-order valence-corrected chi connectivity index (χ0v) is 14.3. The van der Waals surface area contributed by atoms with E-state index in [0.29, 0.717) is 18.7 Å². The van der Waals surface area contributed by atoms with Crippen LogP contribution in [0.3, 0.4) is 0 Å². The summed E-state index contributed by atoms with van der Waals surface area (Å²) in [6, 6.07) is 8.71. The molecule has 1 aliphatic rings. The van der Waals surface area contributed by atoms with E-state index in [-0.39, 0.29) is 33.8 Å². The molecule has 2 heterocycles. The number of phenolic OH excluding ortho intramolecular Hbond substituents is 2. The number of nitrogens with zero attached hydrogens (tertiary/aromatic N) is 1. The van der Waals surface area contributed by atoms with Gasteiger partial charge in [-0.05, 0) is 30.5 Å². The number of fused-ring (bicyclic) bond motifs is 1. The first-order valence-corrected chi connectivity index (χ1v) is 8.57. The maximum atomic E-state index is 12.8. The fourth-order valence-corrected chi connectivity index (χ4v) is 3.17. The van der Waals surface area contributed by atoms with Crippen LogP contribution in [-0.2, 0) is 0 Å². The van der Waals surface area contributed by atoms with E-state index < -0.39 is 11.5 Å². The zero-order valence-electron chi connectivity index (χ0n) is 14.3. The summed E-state index contributed by atoms with van der Waals surface area (Å²) < 4.78 is 10.8. The average Bonchev–Trinajstić information content (AvgIpc) is 3.17. The second-order valence-corrected chi connectivity index (χ2v) is 6.40. The van der Waals surface area contributed by atoms with E-state index in [0.717, 1.165) is 12.8 Å². The van der Waals surface area contributed by atoms with Gasteiger partial charge < -0.3 is 24.3 Å². The number of amides is 1. The molecule has 2 N–H and O–H groups in total. The second-order valence-electron chi connectivity index (χ2n) is 6.40. The van der Waals surface area contributed by atoms with Crippen molar-refractivity contribution in [1.29, 1.82) is 0 Å². The SMILES string of the molecule is O=C(Oc1cc(O)c2c(=O)c(-c3ccc(O)cc3)coc2c1)N1CCCC1. The molecule has 0 aliphatic carbocycles. The standard InChI is InChI=1S/C20H17NO6/c22-13-5-3-12(4-6-13)15-11-26-17-10-14(9-16(23)18(17)19(15)24)27-20(25)21-7-1-2-8-21/h3-6,9-11,22-23H,1-2,7-8H2. The Balaban J connectivity index is 1.71. The number of rotatable bonds is 2. The molecule has 27 heavy (non-hydrogen) atoms. The van der Waals surface area contributed by atoms with E-state index in [1.165, 1.54) is 30.5 Å². The highest BCUT2D eigenvalue weighted by Crippen LogP contribution is 2.31. The summed E-state index contributed by atoms with van der Waals surface area (Å²) in [5, 5.41) is 19.7. The van der Waals surface area contributed by atoms with E-state index >= 15 is 0 Å². The lowest BCUT2D eigenvalue weighted by Gasteiger charge is -2.15. The number of benzene rings is 2. The fourth-order valence-electron chi connectivity index (χ4n) is 3.17. The number of hydrogen-bond donors (Lipinski definition) is 2. The Kier molecular flexibility index (Phi) is 4.19. The number of likely N-dealkylation sites (tertiary alicyclic amines) is 1. The average molecular weight is 367 g/mol. The maximum absolute atomic E-state index is 12.8. The molecule has 0 atom stereocenters. The minimum atomic E-state index is -0.491. The minimum absolute atomic E-state index is 0.00143. The predicted molar refractivity (Wildman–Crippen MR) is 98.1 cm³/mol. The van der Waals surface area contributed by atoms with Crippen molar-refractivity contribution in [2.24, 2.45) is 0 Å². The number of carbonyl (C=O) groups is 1. The Hall–Kier alpha value is -3.48. The summed E-state index contributed by atoms with van der Waals surface area (Å²) in [4.78, 5) is 26.5. The van der Waals surface area contributed by atoms with Gasteiger partial charge in [-0.1, -0.05) is 12.1 Å². The largest absolute Gasteiger partial charge is 0.508 e. The predicted octanol–water partition coefficient (Wildman–Crippen LogP) is 3.47. The molecule has 0 spiro atoms. The highest BCUT2D eigenvalue weighted by atomic mass is 16.6. The van der Waals surface area contributed by atoms with Gasteiger partial charge in [0, 0.05) is 25.2 Å². The molecule has 0 bridgehead atoms. The number of hydrogen-bond acceptors (Lipinski definition) is 6. The molecule has 7 heteroatoms. The molecule has 1 aliphatic heterocycles. The monoisotopic (exact) mass is 367 g/mol. The van der Waals surface area contributed by atoms with Gasteiger partial charge in [0.1, 0.15) is 34.5 Å². The summed E-state index contributed by atoms with van der Waals surface area (Å²) in [6.07, 6.45) is 2.66. The van der Waals surface area contributed by atoms with E-state index in [2.05, 4.69) is 0 Å². The van der Waals surface area contributed by atoms with Gasteiger partial charge in [-0.15, -0.1) is 0 Å². The van der Waals surface area contributed by atoms with Crippen molar-refractivity contribution in [3.05, 3.63) is 52.9 Å². The molecule has 2 aromatic carbocycles. The van der Waals surface area contributed by atoms with Crippen molar-refractivity contribution in [1.82, 2.24) is 4.90 Å². The summed E-state index contributed by atoms with van der Waals surface area (Å²) in [5.41, 5.74) is 0.496. The van der Waals surface area contributed by atoms with Crippen LogP contribution in [0.2, 0.25) is 0 Å². The van der Waals surface area contributed by atoms with Crippen LogP contribution in [0.5, 0.6) is 17.2 Å². The van der Waals surface area contributed by atoms with E-state index in [1.54, 1.807) is 17.0 Å². The third-order valence-electron chi connectivity index (χ3n) is 4.58. The van der Waals surface area contributed by atoms with Crippen molar-refractivity contribution in [3.8, 4) is 28.4 Å². The Labute approximate surface area is 154 Å². The lowest BCUT2D eigenvalue weighted by Crippen LogP contribution is -2.30. The van der Waals surface area contributed by atoms with Gasteiger partial charge in [-0.2, -0.15) is 0 Å². The number of aromatic hydroxyl groups is 2. The van der Waals surface area contributed by atoms with Crippen LogP contribution in [0.25, 0.3) is 22.1 Å². The van der Waals surface area contributed by atoms with Crippen LogP contribution in [0.1, 0.15) is 12.8 Å². The van der Waals surface area contributed by atoms with Gasteiger partial charge >= 0.3 is 6.09 Å². The first-order valence-electron chi connectivity index (χ1n) is 8.57. The summed E-state index contributed by atoms with van der Waals surface area (Å²) in [6.45, 7) is 1.28. The van der Waals surface area contributed by atoms with Gasteiger partial charge in [0.15, 0.2) is 0 Å². The van der Waals surface area contributed by atoms with Crippen molar-refractivity contribution in [3.63, 3.8) is 0 Å². The Bertz CT molecular complexity index is 1060. The molecule has 1 amide bonds. The molecule has 7 nitrogen and oxygen atoms in total. The molecule has 0 unspecified atom stereocenters. The molecule has 1 saturated heterocycles. The highest BCUT2D eigenvalue weighted by Gasteiger charge is 2.21. The summed E-state index contributed by atoms with van der Waals surface area (Å²) in [7, 11) is 0. The van der Waals surface area contributed by atoms with Crippen LogP contribution in [0, 0.1) is 0 Å². The van der Waals surface area contributed by atoms with Crippen molar-refractivity contribution < 1.29 is 24.2 Å². The van der Waals surface area contributed by atoms with Crippen LogP contribution >= 0.6 is 0 Å².